The second-order valence-corrected chi connectivity index (χ2v) is 6.78. The van der Waals surface area contributed by atoms with Gasteiger partial charge in [-0.05, 0) is 41.0 Å². The third-order valence-corrected chi connectivity index (χ3v) is 3.34. The predicted molar refractivity (Wildman–Crippen MR) is 91.3 cm³/mol. The molecule has 2 unspecified atom stereocenters. The number of nitrogens with one attached hydrogen (secondary N) is 2. The van der Waals surface area contributed by atoms with Crippen molar-refractivity contribution < 1.29 is 9.53 Å². The summed E-state index contributed by atoms with van der Waals surface area (Å²) >= 11 is 0. The molecule has 6 heteroatoms. The van der Waals surface area contributed by atoms with Crippen LogP contribution in [0.5, 0.6) is 0 Å². The molecular formula is C17H30N4O2. The van der Waals surface area contributed by atoms with E-state index in [-0.39, 0.29) is 18.2 Å². The van der Waals surface area contributed by atoms with Gasteiger partial charge in [-0.25, -0.2) is 4.79 Å². The van der Waals surface area contributed by atoms with E-state index >= 15 is 0 Å². The number of alkyl carbamates (subject to hydrolysis) is 1. The number of aromatic nitrogens is 2. The predicted octanol–water partition coefficient (Wildman–Crippen LogP) is 3.13. The van der Waals surface area contributed by atoms with Crippen molar-refractivity contribution in [2.24, 2.45) is 0 Å². The molecule has 0 saturated carbocycles. The van der Waals surface area contributed by atoms with Crippen LogP contribution in [-0.2, 0) is 4.74 Å². The van der Waals surface area contributed by atoms with Gasteiger partial charge in [0, 0.05) is 31.0 Å². The second-order valence-electron chi connectivity index (χ2n) is 6.78. The van der Waals surface area contributed by atoms with Crippen molar-refractivity contribution in [3.63, 3.8) is 0 Å². The number of ether oxygens (including phenoxy) is 1. The average molecular weight is 322 g/mol. The van der Waals surface area contributed by atoms with Gasteiger partial charge in [0.2, 0.25) is 0 Å². The molecule has 0 spiro atoms. The van der Waals surface area contributed by atoms with Crippen molar-refractivity contribution >= 4 is 6.09 Å². The fraction of sp³-hybridized carbons (Fsp3) is 0.706. The zero-order valence-electron chi connectivity index (χ0n) is 15.1. The molecule has 6 nitrogen and oxygen atoms in total. The highest BCUT2D eigenvalue weighted by molar-refractivity contribution is 5.67. The van der Waals surface area contributed by atoms with Crippen LogP contribution in [0.4, 0.5) is 4.79 Å². The fourth-order valence-corrected chi connectivity index (χ4v) is 2.39. The molecule has 1 amide bonds. The zero-order valence-corrected chi connectivity index (χ0v) is 15.1. The van der Waals surface area contributed by atoms with Crippen LogP contribution >= 0.6 is 0 Å². The van der Waals surface area contributed by atoms with Crippen molar-refractivity contribution in [1.82, 2.24) is 20.6 Å². The van der Waals surface area contributed by atoms with Gasteiger partial charge in [0.25, 0.3) is 0 Å². The molecule has 2 N–H and O–H groups in total. The number of carbonyl (C=O) groups is 1. The fourth-order valence-electron chi connectivity index (χ4n) is 2.39. The van der Waals surface area contributed by atoms with Crippen LogP contribution in [0.1, 0.15) is 64.9 Å². The maximum atomic E-state index is 11.8. The smallest absolute Gasteiger partial charge is 0.407 e. The van der Waals surface area contributed by atoms with Gasteiger partial charge in [0.05, 0.1) is 11.4 Å². The second kappa shape index (κ2) is 8.82. The number of amides is 1. The number of hydrogen-bond donors (Lipinski definition) is 2. The molecule has 0 aliphatic carbocycles. The largest absolute Gasteiger partial charge is 0.444 e. The van der Waals surface area contributed by atoms with Gasteiger partial charge in [-0.15, -0.1) is 0 Å². The van der Waals surface area contributed by atoms with Crippen LogP contribution in [0.3, 0.4) is 0 Å². The van der Waals surface area contributed by atoms with Gasteiger partial charge in [0.15, 0.2) is 0 Å². The van der Waals surface area contributed by atoms with Crippen LogP contribution in [-0.4, -0.2) is 34.2 Å². The molecular weight excluding hydrogens is 292 g/mol. The summed E-state index contributed by atoms with van der Waals surface area (Å²) in [6.07, 6.45) is 5.00. The standard InChI is InChI=1S/C17H30N4O2/c1-7-8-14(11-20-16(22)23-17(4,5)6)21-13(3)15-12(2)18-9-10-19-15/h9-10,13-14,21H,7-8,11H2,1-6H3,(H,20,22). The van der Waals surface area contributed by atoms with Crippen LogP contribution in [0.25, 0.3) is 0 Å². The summed E-state index contributed by atoms with van der Waals surface area (Å²) in [6, 6.07) is 0.226. The number of hydrogen-bond acceptors (Lipinski definition) is 5. The van der Waals surface area contributed by atoms with E-state index in [0.29, 0.717) is 6.54 Å². The van der Waals surface area contributed by atoms with Crippen molar-refractivity contribution in [1.29, 1.82) is 0 Å². The monoisotopic (exact) mass is 322 g/mol. The minimum Gasteiger partial charge on any atom is -0.444 e. The Hall–Kier alpha value is -1.69. The first-order chi connectivity index (χ1) is 10.7. The Morgan fingerprint density at radius 1 is 1.30 bits per heavy atom. The van der Waals surface area contributed by atoms with E-state index in [2.05, 4.69) is 34.4 Å². The van der Waals surface area contributed by atoms with Gasteiger partial charge in [-0.2, -0.15) is 0 Å². The third-order valence-electron chi connectivity index (χ3n) is 3.34. The summed E-state index contributed by atoms with van der Waals surface area (Å²) in [7, 11) is 0. The maximum absolute atomic E-state index is 11.8. The minimum absolute atomic E-state index is 0.0701. The Labute approximate surface area is 139 Å². The summed E-state index contributed by atoms with van der Waals surface area (Å²) in [5, 5.41) is 6.36. The topological polar surface area (TPSA) is 76.1 Å². The normalized spacial score (nSPS) is 14.2. The van der Waals surface area contributed by atoms with Crippen LogP contribution < -0.4 is 10.6 Å². The number of nitrogens with zero attached hydrogens (tertiary/aromatic N) is 2. The van der Waals surface area contributed by atoms with Crippen molar-refractivity contribution in [2.75, 3.05) is 6.54 Å². The lowest BCUT2D eigenvalue weighted by molar-refractivity contribution is 0.0521. The molecule has 130 valence electrons. The molecule has 23 heavy (non-hydrogen) atoms. The summed E-state index contributed by atoms with van der Waals surface area (Å²) < 4.78 is 5.27. The lowest BCUT2D eigenvalue weighted by Crippen LogP contribution is -2.43. The lowest BCUT2D eigenvalue weighted by atomic mass is 10.1. The molecule has 1 rings (SSSR count). The first kappa shape index (κ1) is 19.4. The van der Waals surface area contributed by atoms with Crippen molar-refractivity contribution in [3.05, 3.63) is 23.8 Å². The highest BCUT2D eigenvalue weighted by Gasteiger charge is 2.19. The van der Waals surface area contributed by atoms with E-state index in [9.17, 15) is 4.79 Å². The van der Waals surface area contributed by atoms with E-state index in [1.54, 1.807) is 12.4 Å². The van der Waals surface area contributed by atoms with Gasteiger partial charge < -0.3 is 15.4 Å². The molecule has 2 atom stereocenters. The lowest BCUT2D eigenvalue weighted by Gasteiger charge is -2.25. The SMILES string of the molecule is CCCC(CNC(=O)OC(C)(C)C)NC(C)c1nccnc1C. The quantitative estimate of drug-likeness (QED) is 0.806. The van der Waals surface area contributed by atoms with Crippen LogP contribution in [0.2, 0.25) is 0 Å². The minimum atomic E-state index is -0.484. The molecule has 1 aromatic heterocycles. The molecule has 1 aromatic rings. The Bertz CT molecular complexity index is 500. The van der Waals surface area contributed by atoms with E-state index in [0.717, 1.165) is 24.2 Å². The highest BCUT2D eigenvalue weighted by Crippen LogP contribution is 2.14. The molecule has 0 aromatic carbocycles. The Kier molecular flexibility index (Phi) is 7.42. The van der Waals surface area contributed by atoms with Gasteiger partial charge >= 0.3 is 6.09 Å². The summed E-state index contributed by atoms with van der Waals surface area (Å²) in [6.45, 7) is 12.2. The molecule has 0 fully saturated rings. The third kappa shape index (κ3) is 7.41. The Balaban J connectivity index is 2.58. The van der Waals surface area contributed by atoms with Crippen molar-refractivity contribution in [2.45, 2.75) is 72.1 Å². The first-order valence-electron chi connectivity index (χ1n) is 8.23. The highest BCUT2D eigenvalue weighted by atomic mass is 16.6. The number of rotatable bonds is 7. The zero-order chi connectivity index (χ0) is 17.5. The summed E-state index contributed by atoms with van der Waals surface area (Å²) in [4.78, 5) is 20.5. The van der Waals surface area contributed by atoms with Crippen molar-refractivity contribution in [3.8, 4) is 0 Å². The maximum Gasteiger partial charge on any atom is 0.407 e. The van der Waals surface area contributed by atoms with Gasteiger partial charge in [-0.1, -0.05) is 13.3 Å². The molecule has 1 heterocycles. The molecule has 0 radical (unpaired) electrons. The summed E-state index contributed by atoms with van der Waals surface area (Å²) in [5.41, 5.74) is 1.37. The van der Waals surface area contributed by atoms with E-state index in [1.807, 2.05) is 27.7 Å². The number of carbonyl (C=O) groups excluding carboxylic acids is 1. The Morgan fingerprint density at radius 2 is 1.96 bits per heavy atom. The summed E-state index contributed by atoms with van der Waals surface area (Å²) in [5.74, 6) is 0. The van der Waals surface area contributed by atoms with E-state index < -0.39 is 5.60 Å². The molecule has 0 saturated heterocycles. The molecule has 0 bridgehead atoms. The van der Waals surface area contributed by atoms with Gasteiger partial charge in [0.1, 0.15) is 5.60 Å². The van der Waals surface area contributed by atoms with Crippen LogP contribution in [0, 0.1) is 6.92 Å². The van der Waals surface area contributed by atoms with E-state index in [1.165, 1.54) is 0 Å². The first-order valence-corrected chi connectivity index (χ1v) is 8.23. The Morgan fingerprint density at radius 3 is 2.52 bits per heavy atom. The van der Waals surface area contributed by atoms with Crippen LogP contribution in [0.15, 0.2) is 12.4 Å². The average Bonchev–Trinajstić information content (AvgIpc) is 2.43. The van der Waals surface area contributed by atoms with Gasteiger partial charge in [-0.3, -0.25) is 9.97 Å². The van der Waals surface area contributed by atoms with E-state index in [4.69, 9.17) is 4.74 Å². The number of aryl methyl sites for hydroxylation is 1. The molecule has 0 aliphatic rings. The molecule has 0 aliphatic heterocycles.